The second-order valence-corrected chi connectivity index (χ2v) is 6.46. The van der Waals surface area contributed by atoms with Crippen LogP contribution in [0.5, 0.6) is 0 Å². The van der Waals surface area contributed by atoms with Gasteiger partial charge in [0, 0.05) is 18.3 Å². The lowest BCUT2D eigenvalue weighted by Crippen LogP contribution is -2.29. The molecule has 2 heteroatoms. The van der Waals surface area contributed by atoms with Crippen LogP contribution in [-0.4, -0.2) is 18.5 Å². The van der Waals surface area contributed by atoms with Crippen LogP contribution in [-0.2, 0) is 6.42 Å². The van der Waals surface area contributed by atoms with Gasteiger partial charge in [-0.05, 0) is 61.9 Å². The van der Waals surface area contributed by atoms with Gasteiger partial charge in [0.2, 0.25) is 0 Å². The smallest absolute Gasteiger partial charge is 0.0351 e. The van der Waals surface area contributed by atoms with Crippen molar-refractivity contribution in [3.8, 4) is 0 Å². The minimum absolute atomic E-state index is 0.623. The summed E-state index contributed by atoms with van der Waals surface area (Å²) in [5.41, 5.74) is 9.79. The number of fused-ring (bicyclic) bond motifs is 1. The highest BCUT2D eigenvalue weighted by molar-refractivity contribution is 5.47. The number of anilines is 1. The van der Waals surface area contributed by atoms with E-state index in [2.05, 4.69) is 30.1 Å². The molecule has 0 radical (unpaired) electrons. The van der Waals surface area contributed by atoms with Crippen molar-refractivity contribution in [2.75, 3.05) is 19.3 Å². The minimum atomic E-state index is 0.623. The lowest BCUT2D eigenvalue weighted by atomic mass is 9.88. The van der Waals surface area contributed by atoms with E-state index in [4.69, 9.17) is 5.73 Å². The first kappa shape index (κ1) is 13.0. The highest BCUT2D eigenvalue weighted by Gasteiger charge is 2.27. The summed E-state index contributed by atoms with van der Waals surface area (Å²) in [6.45, 7) is 1.27. The number of nitrogen functional groups attached to an aromatic ring is 1. The van der Waals surface area contributed by atoms with E-state index >= 15 is 0 Å². The second-order valence-electron chi connectivity index (χ2n) is 6.46. The maximum absolute atomic E-state index is 5.89. The quantitative estimate of drug-likeness (QED) is 0.836. The van der Waals surface area contributed by atoms with Crippen LogP contribution >= 0.6 is 0 Å². The van der Waals surface area contributed by atoms with E-state index < -0.39 is 0 Å². The summed E-state index contributed by atoms with van der Waals surface area (Å²) in [5.74, 6) is 0.927. The highest BCUT2D eigenvalue weighted by atomic mass is 15.1. The molecule has 2 aliphatic carbocycles. The number of nitrogens with zero attached hydrogens (tertiary/aromatic N) is 1. The normalized spacial score (nSPS) is 23.8. The molecule has 0 heterocycles. The van der Waals surface area contributed by atoms with Crippen molar-refractivity contribution in [1.29, 1.82) is 0 Å². The van der Waals surface area contributed by atoms with Gasteiger partial charge in [0.1, 0.15) is 0 Å². The first-order chi connectivity index (χ1) is 9.24. The van der Waals surface area contributed by atoms with Gasteiger partial charge in [-0.2, -0.15) is 0 Å². The molecule has 0 amide bonds. The average molecular weight is 258 g/mol. The fourth-order valence-electron chi connectivity index (χ4n) is 3.98. The zero-order valence-electron chi connectivity index (χ0n) is 12.1. The fraction of sp³-hybridized carbons (Fsp3) is 0.647. The monoisotopic (exact) mass is 258 g/mol. The Balaban J connectivity index is 1.67. The molecule has 1 fully saturated rings. The number of nitrogens with two attached hydrogens (primary N) is 1. The Morgan fingerprint density at radius 2 is 1.95 bits per heavy atom. The summed E-state index contributed by atoms with van der Waals surface area (Å²) in [6.07, 6.45) is 9.66. The summed E-state index contributed by atoms with van der Waals surface area (Å²) < 4.78 is 0. The maximum atomic E-state index is 5.89. The highest BCUT2D eigenvalue weighted by Crippen LogP contribution is 2.37. The molecule has 1 unspecified atom stereocenters. The van der Waals surface area contributed by atoms with E-state index in [1.54, 1.807) is 0 Å². The van der Waals surface area contributed by atoms with Gasteiger partial charge in [0.05, 0.1) is 0 Å². The molecule has 2 aliphatic rings. The van der Waals surface area contributed by atoms with Crippen molar-refractivity contribution in [3.63, 3.8) is 0 Å². The Hall–Kier alpha value is -1.02. The van der Waals surface area contributed by atoms with Crippen molar-refractivity contribution >= 4 is 5.69 Å². The van der Waals surface area contributed by atoms with Crippen LogP contribution in [0, 0.1) is 5.92 Å². The number of rotatable bonds is 3. The number of aryl methyl sites for hydroxylation is 1. The summed E-state index contributed by atoms with van der Waals surface area (Å²) in [6, 6.07) is 7.10. The molecule has 1 saturated carbocycles. The largest absolute Gasteiger partial charge is 0.399 e. The fourth-order valence-corrected chi connectivity index (χ4v) is 3.98. The van der Waals surface area contributed by atoms with E-state index in [0.717, 1.165) is 11.6 Å². The van der Waals surface area contributed by atoms with Crippen molar-refractivity contribution in [3.05, 3.63) is 29.3 Å². The van der Waals surface area contributed by atoms with Crippen LogP contribution in [0.4, 0.5) is 5.69 Å². The molecule has 1 aromatic rings. The zero-order valence-corrected chi connectivity index (χ0v) is 12.1. The molecule has 1 aromatic carbocycles. The summed E-state index contributed by atoms with van der Waals surface area (Å²) in [4.78, 5) is 2.60. The molecule has 2 nitrogen and oxygen atoms in total. The molecular formula is C17H26N2. The summed E-state index contributed by atoms with van der Waals surface area (Å²) >= 11 is 0. The van der Waals surface area contributed by atoms with Gasteiger partial charge < -0.3 is 5.73 Å². The predicted molar refractivity (Wildman–Crippen MR) is 81.1 cm³/mol. The second kappa shape index (κ2) is 5.54. The number of hydrogen-bond acceptors (Lipinski definition) is 2. The molecule has 0 aliphatic heterocycles. The van der Waals surface area contributed by atoms with Crippen LogP contribution in [0.1, 0.15) is 55.7 Å². The van der Waals surface area contributed by atoms with Gasteiger partial charge >= 0.3 is 0 Å². The Morgan fingerprint density at radius 3 is 2.74 bits per heavy atom. The van der Waals surface area contributed by atoms with Gasteiger partial charge in [-0.1, -0.05) is 25.3 Å². The van der Waals surface area contributed by atoms with Crippen molar-refractivity contribution in [2.45, 2.75) is 51.0 Å². The summed E-state index contributed by atoms with van der Waals surface area (Å²) in [7, 11) is 2.31. The third-order valence-corrected chi connectivity index (χ3v) is 5.02. The standard InChI is InChI=1S/C17H26N2/c1-19(12-13-5-3-2-4-6-13)17-10-7-14-11-15(18)8-9-16(14)17/h8-9,11,13,17H,2-7,10,12,18H2,1H3. The molecule has 0 spiro atoms. The maximum Gasteiger partial charge on any atom is 0.0351 e. The Kier molecular flexibility index (Phi) is 3.79. The Morgan fingerprint density at radius 1 is 1.16 bits per heavy atom. The molecule has 3 rings (SSSR count). The first-order valence-corrected chi connectivity index (χ1v) is 7.82. The van der Waals surface area contributed by atoms with Gasteiger partial charge in [-0.15, -0.1) is 0 Å². The van der Waals surface area contributed by atoms with Gasteiger partial charge in [-0.3, -0.25) is 4.90 Å². The molecule has 1 atom stereocenters. The first-order valence-electron chi connectivity index (χ1n) is 7.82. The van der Waals surface area contributed by atoms with Crippen LogP contribution < -0.4 is 5.73 Å². The molecule has 2 N–H and O–H groups in total. The Labute approximate surface area is 117 Å². The molecule has 0 saturated heterocycles. The third-order valence-electron chi connectivity index (χ3n) is 5.02. The lowest BCUT2D eigenvalue weighted by molar-refractivity contribution is 0.182. The summed E-state index contributed by atoms with van der Waals surface area (Å²) in [5, 5.41) is 0. The van der Waals surface area contributed by atoms with E-state index in [-0.39, 0.29) is 0 Å². The van der Waals surface area contributed by atoms with Crippen molar-refractivity contribution in [1.82, 2.24) is 4.90 Å². The minimum Gasteiger partial charge on any atom is -0.399 e. The van der Waals surface area contributed by atoms with E-state index in [0.29, 0.717) is 6.04 Å². The van der Waals surface area contributed by atoms with E-state index in [1.807, 2.05) is 0 Å². The van der Waals surface area contributed by atoms with Gasteiger partial charge in [0.15, 0.2) is 0 Å². The molecule has 19 heavy (non-hydrogen) atoms. The average Bonchev–Trinajstić information content (AvgIpc) is 2.82. The molecular weight excluding hydrogens is 232 g/mol. The van der Waals surface area contributed by atoms with Crippen molar-refractivity contribution in [2.24, 2.45) is 5.92 Å². The van der Waals surface area contributed by atoms with E-state index in [1.165, 1.54) is 62.6 Å². The van der Waals surface area contributed by atoms with Crippen LogP contribution in [0.15, 0.2) is 18.2 Å². The van der Waals surface area contributed by atoms with Gasteiger partial charge in [-0.25, -0.2) is 0 Å². The molecule has 0 bridgehead atoms. The number of benzene rings is 1. The topological polar surface area (TPSA) is 29.3 Å². The number of hydrogen-bond donors (Lipinski definition) is 1. The predicted octanol–water partition coefficient (Wildman–Crippen LogP) is 3.77. The van der Waals surface area contributed by atoms with Crippen LogP contribution in [0.2, 0.25) is 0 Å². The molecule has 0 aromatic heterocycles. The molecule has 104 valence electrons. The van der Waals surface area contributed by atoms with Crippen LogP contribution in [0.25, 0.3) is 0 Å². The van der Waals surface area contributed by atoms with E-state index in [9.17, 15) is 0 Å². The van der Waals surface area contributed by atoms with Gasteiger partial charge in [0.25, 0.3) is 0 Å². The lowest BCUT2D eigenvalue weighted by Gasteiger charge is -2.31. The zero-order chi connectivity index (χ0) is 13.2. The van der Waals surface area contributed by atoms with Crippen molar-refractivity contribution < 1.29 is 0 Å². The SMILES string of the molecule is CN(CC1CCCCC1)C1CCc2cc(N)ccc21. The Bertz CT molecular complexity index is 435. The third kappa shape index (κ3) is 2.79. The van der Waals surface area contributed by atoms with Crippen LogP contribution in [0.3, 0.4) is 0 Å².